The molecule has 3 aromatic rings. The third-order valence-corrected chi connectivity index (χ3v) is 7.08. The van der Waals surface area contributed by atoms with Crippen molar-refractivity contribution < 1.29 is 0 Å². The molecule has 1 aromatic heterocycles. The van der Waals surface area contributed by atoms with Gasteiger partial charge in [0.2, 0.25) is 0 Å². The Kier molecular flexibility index (Phi) is 5.27. The smallest absolute Gasteiger partial charge is 0.199 e. The molecule has 1 aliphatic carbocycles. The van der Waals surface area contributed by atoms with E-state index in [2.05, 4.69) is 62.6 Å². The van der Waals surface area contributed by atoms with Gasteiger partial charge < -0.3 is 15.1 Å². The Morgan fingerprint density at radius 1 is 0.818 bits per heavy atom. The minimum atomic E-state index is 0.00990. The van der Waals surface area contributed by atoms with Crippen LogP contribution in [0.4, 0.5) is 5.82 Å². The Morgan fingerprint density at radius 2 is 1.58 bits per heavy atom. The van der Waals surface area contributed by atoms with Gasteiger partial charge in [0.25, 0.3) is 0 Å². The average molecular weight is 456 g/mol. The predicted molar refractivity (Wildman–Crippen MR) is 134 cm³/mol. The molecular weight excluding hydrogens is 430 g/mol. The zero-order chi connectivity index (χ0) is 22.2. The second-order valence-electron chi connectivity index (χ2n) is 8.75. The first-order chi connectivity index (χ1) is 16.3. The molecule has 6 heteroatoms. The van der Waals surface area contributed by atoms with Crippen LogP contribution in [0.5, 0.6) is 0 Å². The Morgan fingerprint density at radius 3 is 2.36 bits per heavy atom. The molecule has 0 amide bonds. The molecule has 2 aliphatic heterocycles. The molecular formula is C27H26ClN5. The van der Waals surface area contributed by atoms with Crippen LogP contribution in [0.3, 0.4) is 0 Å². The van der Waals surface area contributed by atoms with E-state index in [-0.39, 0.29) is 6.04 Å². The minimum Gasteiger partial charge on any atom is -0.353 e. The highest BCUT2D eigenvalue weighted by Crippen LogP contribution is 2.41. The van der Waals surface area contributed by atoms with Crippen molar-refractivity contribution in [3.05, 3.63) is 100 Å². The summed E-state index contributed by atoms with van der Waals surface area (Å²) in [6.07, 6.45) is 3.92. The molecule has 0 bridgehead atoms. The molecule has 33 heavy (non-hydrogen) atoms. The van der Waals surface area contributed by atoms with Crippen molar-refractivity contribution in [2.24, 2.45) is 4.99 Å². The van der Waals surface area contributed by atoms with Crippen LogP contribution >= 0.6 is 11.6 Å². The van der Waals surface area contributed by atoms with Gasteiger partial charge in [-0.15, -0.1) is 0 Å². The van der Waals surface area contributed by atoms with Crippen LogP contribution in [0.15, 0.2) is 83.5 Å². The molecule has 1 N–H and O–H groups in total. The van der Waals surface area contributed by atoms with Crippen molar-refractivity contribution in [2.45, 2.75) is 18.9 Å². The van der Waals surface area contributed by atoms with Crippen molar-refractivity contribution in [3.8, 4) is 0 Å². The summed E-state index contributed by atoms with van der Waals surface area (Å²) < 4.78 is 0. The predicted octanol–water partition coefficient (Wildman–Crippen LogP) is 4.92. The van der Waals surface area contributed by atoms with E-state index in [1.807, 2.05) is 30.5 Å². The number of rotatable bonds is 2. The fraction of sp³-hybridized carbons (Fsp3) is 0.259. The van der Waals surface area contributed by atoms with Crippen LogP contribution in [-0.2, 0) is 6.42 Å². The van der Waals surface area contributed by atoms with Crippen molar-refractivity contribution in [1.29, 1.82) is 0 Å². The first-order valence-corrected chi connectivity index (χ1v) is 12.0. The zero-order valence-corrected chi connectivity index (χ0v) is 19.2. The maximum absolute atomic E-state index is 6.19. The first-order valence-electron chi connectivity index (χ1n) is 11.6. The van der Waals surface area contributed by atoms with Crippen LogP contribution in [0.2, 0.25) is 5.02 Å². The molecule has 0 saturated carbocycles. The highest BCUT2D eigenvalue weighted by molar-refractivity contribution is 6.30. The van der Waals surface area contributed by atoms with Gasteiger partial charge in [-0.25, -0.2) is 9.98 Å². The fourth-order valence-corrected chi connectivity index (χ4v) is 5.21. The SMILES string of the molecule is Clc1ccc(C2N=C(N3CCN(c4ccccn4)CC3)NC3=C2CCc2ccccc23)cc1. The molecule has 1 atom stereocenters. The monoisotopic (exact) mass is 455 g/mol. The van der Waals surface area contributed by atoms with Crippen molar-refractivity contribution in [2.75, 3.05) is 31.1 Å². The Bertz CT molecular complexity index is 1210. The van der Waals surface area contributed by atoms with E-state index in [0.29, 0.717) is 0 Å². The van der Waals surface area contributed by atoms with Gasteiger partial charge in [0.05, 0.1) is 5.70 Å². The molecule has 0 radical (unpaired) electrons. The van der Waals surface area contributed by atoms with E-state index >= 15 is 0 Å². The van der Waals surface area contributed by atoms with Crippen LogP contribution in [0.1, 0.15) is 29.2 Å². The summed E-state index contributed by atoms with van der Waals surface area (Å²) in [4.78, 5) is 14.5. The lowest BCUT2D eigenvalue weighted by Crippen LogP contribution is -2.53. The van der Waals surface area contributed by atoms with E-state index < -0.39 is 0 Å². The number of hydrogen-bond donors (Lipinski definition) is 1. The van der Waals surface area contributed by atoms with Crippen molar-refractivity contribution in [3.63, 3.8) is 0 Å². The molecule has 166 valence electrons. The van der Waals surface area contributed by atoms with Crippen molar-refractivity contribution in [1.82, 2.24) is 15.2 Å². The number of benzene rings is 2. The van der Waals surface area contributed by atoms with E-state index in [0.717, 1.165) is 55.8 Å². The fourth-order valence-electron chi connectivity index (χ4n) is 5.08. The number of guanidine groups is 1. The summed E-state index contributed by atoms with van der Waals surface area (Å²) in [6.45, 7) is 3.65. The number of nitrogens with zero attached hydrogens (tertiary/aromatic N) is 4. The second-order valence-corrected chi connectivity index (χ2v) is 9.19. The van der Waals surface area contributed by atoms with Gasteiger partial charge in [-0.3, -0.25) is 0 Å². The van der Waals surface area contributed by atoms with Crippen LogP contribution < -0.4 is 10.2 Å². The average Bonchev–Trinajstić information content (AvgIpc) is 2.89. The lowest BCUT2D eigenvalue weighted by atomic mass is 9.83. The topological polar surface area (TPSA) is 43.8 Å². The van der Waals surface area contributed by atoms with Crippen molar-refractivity contribution >= 4 is 29.1 Å². The highest BCUT2D eigenvalue weighted by Gasteiger charge is 2.32. The van der Waals surface area contributed by atoms with Gasteiger partial charge in [-0.1, -0.05) is 54.1 Å². The third-order valence-electron chi connectivity index (χ3n) is 6.83. The normalized spacial score (nSPS) is 20.0. The molecule has 3 aliphatic rings. The molecule has 1 unspecified atom stereocenters. The second kappa shape index (κ2) is 8.56. The number of piperazine rings is 1. The largest absolute Gasteiger partial charge is 0.353 e. The zero-order valence-electron chi connectivity index (χ0n) is 18.4. The number of anilines is 1. The van der Waals surface area contributed by atoms with Crippen LogP contribution in [0.25, 0.3) is 5.70 Å². The van der Waals surface area contributed by atoms with E-state index in [4.69, 9.17) is 16.6 Å². The third kappa shape index (κ3) is 3.87. The summed E-state index contributed by atoms with van der Waals surface area (Å²) in [6, 6.07) is 23.0. The summed E-state index contributed by atoms with van der Waals surface area (Å²) >= 11 is 6.19. The summed E-state index contributed by atoms with van der Waals surface area (Å²) in [5.74, 6) is 2.01. The van der Waals surface area contributed by atoms with E-state index in [9.17, 15) is 0 Å². The maximum atomic E-state index is 6.19. The molecule has 1 saturated heterocycles. The number of aryl methyl sites for hydroxylation is 1. The Balaban J connectivity index is 1.32. The molecule has 3 heterocycles. The van der Waals surface area contributed by atoms with Crippen LogP contribution in [-0.4, -0.2) is 42.0 Å². The number of aromatic nitrogens is 1. The number of nitrogens with one attached hydrogen (secondary N) is 1. The van der Waals surface area contributed by atoms with E-state index in [1.54, 1.807) is 0 Å². The number of halogens is 1. The highest BCUT2D eigenvalue weighted by atomic mass is 35.5. The Labute approximate surface area is 199 Å². The first kappa shape index (κ1) is 20.3. The number of aliphatic imine (C=N–C) groups is 1. The molecule has 1 fully saturated rings. The standard InChI is InChI=1S/C27H26ClN5/c28-21-11-8-20(9-12-21)25-23-13-10-19-5-1-2-6-22(19)26(23)31-27(30-25)33-17-15-32(16-18-33)24-7-3-4-14-29-24/h1-9,11-12,14,25H,10,13,15-18H2,(H,30,31). The summed E-state index contributed by atoms with van der Waals surface area (Å²) in [5.41, 5.74) is 6.50. The van der Waals surface area contributed by atoms with E-state index in [1.165, 1.54) is 28.0 Å². The quantitative estimate of drug-likeness (QED) is 0.596. The number of pyridine rings is 1. The molecule has 0 spiro atoms. The number of fused-ring (bicyclic) bond motifs is 2. The van der Waals surface area contributed by atoms with Gasteiger partial charge in [0.15, 0.2) is 5.96 Å². The van der Waals surface area contributed by atoms with Gasteiger partial charge in [-0.2, -0.15) is 0 Å². The molecule has 5 nitrogen and oxygen atoms in total. The minimum absolute atomic E-state index is 0.00990. The Hall–Kier alpha value is -3.31. The molecule has 6 rings (SSSR count). The summed E-state index contributed by atoms with van der Waals surface area (Å²) in [5, 5.41) is 4.50. The van der Waals surface area contributed by atoms with Crippen LogP contribution in [0, 0.1) is 0 Å². The summed E-state index contributed by atoms with van der Waals surface area (Å²) in [7, 11) is 0. The van der Waals surface area contributed by atoms with Gasteiger partial charge in [0.1, 0.15) is 11.9 Å². The number of hydrogen-bond acceptors (Lipinski definition) is 5. The molecule has 2 aromatic carbocycles. The van der Waals surface area contributed by atoms with Gasteiger partial charge >= 0.3 is 0 Å². The van der Waals surface area contributed by atoms with Gasteiger partial charge in [0, 0.05) is 43.0 Å². The maximum Gasteiger partial charge on any atom is 0.199 e. The lowest BCUT2D eigenvalue weighted by molar-refractivity contribution is 0.372. The lowest BCUT2D eigenvalue weighted by Gasteiger charge is -2.40. The van der Waals surface area contributed by atoms with Gasteiger partial charge in [-0.05, 0) is 53.8 Å².